The van der Waals surface area contributed by atoms with Crippen molar-refractivity contribution in [3.63, 3.8) is 0 Å². The summed E-state index contributed by atoms with van der Waals surface area (Å²) in [6.07, 6.45) is 2.65. The van der Waals surface area contributed by atoms with Crippen molar-refractivity contribution in [3.8, 4) is 0 Å². The van der Waals surface area contributed by atoms with Crippen LogP contribution >= 0.6 is 0 Å². The molecule has 0 saturated heterocycles. The van der Waals surface area contributed by atoms with Crippen LogP contribution in [0.5, 0.6) is 0 Å². The summed E-state index contributed by atoms with van der Waals surface area (Å²) in [5.41, 5.74) is 5.74. The Balaban J connectivity index is 2.61. The first kappa shape index (κ1) is 12.9. The molecule has 0 bridgehead atoms. The number of hydrogen-bond donors (Lipinski definition) is 2. The van der Waals surface area contributed by atoms with Crippen LogP contribution in [0.1, 0.15) is 40.0 Å². The fourth-order valence-electron chi connectivity index (χ4n) is 2.67. The van der Waals surface area contributed by atoms with E-state index in [1.54, 1.807) is 0 Å². The average molecular weight is 215 g/mol. The zero-order chi connectivity index (χ0) is 11.5. The van der Waals surface area contributed by atoms with Gasteiger partial charge < -0.3 is 15.6 Å². The molecule has 0 spiro atoms. The normalized spacial score (nSPS) is 34.6. The molecule has 3 heteroatoms. The van der Waals surface area contributed by atoms with Gasteiger partial charge in [0.25, 0.3) is 0 Å². The van der Waals surface area contributed by atoms with Crippen molar-refractivity contribution in [1.82, 2.24) is 0 Å². The first-order valence-corrected chi connectivity index (χ1v) is 5.94. The molecule has 15 heavy (non-hydrogen) atoms. The van der Waals surface area contributed by atoms with Crippen molar-refractivity contribution in [2.24, 2.45) is 16.6 Å². The van der Waals surface area contributed by atoms with Gasteiger partial charge in [-0.2, -0.15) is 0 Å². The molecule has 0 aromatic carbocycles. The molecule has 1 fully saturated rings. The molecule has 2 unspecified atom stereocenters. The Bertz CT molecular complexity index is 206. The van der Waals surface area contributed by atoms with E-state index in [2.05, 4.69) is 13.8 Å². The second-order valence-corrected chi connectivity index (χ2v) is 5.40. The largest absolute Gasteiger partial charge is 0.392 e. The van der Waals surface area contributed by atoms with Crippen molar-refractivity contribution >= 4 is 0 Å². The van der Waals surface area contributed by atoms with E-state index in [9.17, 15) is 5.11 Å². The SMILES string of the molecule is CCOCCC1(CN)CCC(C)(C)C1O. The Morgan fingerprint density at radius 3 is 2.47 bits per heavy atom. The van der Waals surface area contributed by atoms with E-state index in [0.29, 0.717) is 13.2 Å². The highest BCUT2D eigenvalue weighted by Crippen LogP contribution is 2.50. The molecule has 3 N–H and O–H groups in total. The predicted molar refractivity (Wildman–Crippen MR) is 61.6 cm³/mol. The number of ether oxygens (including phenoxy) is 1. The Labute approximate surface area is 93.0 Å². The molecule has 2 atom stereocenters. The van der Waals surface area contributed by atoms with Crippen LogP contribution in [0.25, 0.3) is 0 Å². The van der Waals surface area contributed by atoms with Crippen LogP contribution in [-0.4, -0.2) is 31.0 Å². The van der Waals surface area contributed by atoms with E-state index in [1.807, 2.05) is 6.92 Å². The monoisotopic (exact) mass is 215 g/mol. The van der Waals surface area contributed by atoms with Crippen molar-refractivity contribution < 1.29 is 9.84 Å². The summed E-state index contributed by atoms with van der Waals surface area (Å²) in [5.74, 6) is 0. The summed E-state index contributed by atoms with van der Waals surface area (Å²) in [5, 5.41) is 10.3. The van der Waals surface area contributed by atoms with Crippen LogP contribution < -0.4 is 5.73 Å². The predicted octanol–water partition coefficient (Wildman–Crippen LogP) is 1.54. The Hall–Kier alpha value is -0.120. The smallest absolute Gasteiger partial charge is 0.0660 e. The zero-order valence-corrected chi connectivity index (χ0v) is 10.3. The fraction of sp³-hybridized carbons (Fsp3) is 1.00. The first-order chi connectivity index (χ1) is 6.98. The van der Waals surface area contributed by atoms with Crippen LogP contribution in [0.4, 0.5) is 0 Å². The maximum absolute atomic E-state index is 10.3. The lowest BCUT2D eigenvalue weighted by molar-refractivity contribution is -0.0226. The van der Waals surface area contributed by atoms with Gasteiger partial charge in [0.15, 0.2) is 0 Å². The van der Waals surface area contributed by atoms with Gasteiger partial charge in [0.1, 0.15) is 0 Å². The van der Waals surface area contributed by atoms with E-state index in [4.69, 9.17) is 10.5 Å². The van der Waals surface area contributed by atoms with Crippen LogP contribution in [-0.2, 0) is 4.74 Å². The number of aliphatic hydroxyl groups is 1. The lowest BCUT2D eigenvalue weighted by atomic mass is 9.76. The van der Waals surface area contributed by atoms with Crippen LogP contribution in [0.2, 0.25) is 0 Å². The summed E-state index contributed by atoms with van der Waals surface area (Å²) in [7, 11) is 0. The molecule has 0 aromatic rings. The second-order valence-electron chi connectivity index (χ2n) is 5.40. The second kappa shape index (κ2) is 4.81. The molecule has 90 valence electrons. The summed E-state index contributed by atoms with van der Waals surface area (Å²) in [6, 6.07) is 0. The summed E-state index contributed by atoms with van der Waals surface area (Å²) >= 11 is 0. The zero-order valence-electron chi connectivity index (χ0n) is 10.3. The molecule has 0 heterocycles. The highest BCUT2D eigenvalue weighted by Gasteiger charge is 2.50. The molecule has 0 amide bonds. The number of nitrogens with two attached hydrogens (primary N) is 1. The molecule has 1 saturated carbocycles. The van der Waals surface area contributed by atoms with Gasteiger partial charge in [-0.25, -0.2) is 0 Å². The van der Waals surface area contributed by atoms with E-state index >= 15 is 0 Å². The maximum atomic E-state index is 10.3. The van der Waals surface area contributed by atoms with Gasteiger partial charge in [-0.1, -0.05) is 13.8 Å². The van der Waals surface area contributed by atoms with E-state index in [-0.39, 0.29) is 16.9 Å². The van der Waals surface area contributed by atoms with Gasteiger partial charge in [-0.3, -0.25) is 0 Å². The third-order valence-electron chi connectivity index (χ3n) is 3.94. The van der Waals surface area contributed by atoms with Crippen molar-refractivity contribution in [1.29, 1.82) is 0 Å². The average Bonchev–Trinajstić information content (AvgIpc) is 2.43. The third kappa shape index (κ3) is 2.52. The topological polar surface area (TPSA) is 55.5 Å². The Morgan fingerprint density at radius 2 is 2.07 bits per heavy atom. The lowest BCUT2D eigenvalue weighted by Crippen LogP contribution is -2.43. The van der Waals surface area contributed by atoms with E-state index in [1.165, 1.54) is 0 Å². The van der Waals surface area contributed by atoms with E-state index in [0.717, 1.165) is 25.9 Å². The van der Waals surface area contributed by atoms with Gasteiger partial charge in [0.2, 0.25) is 0 Å². The Kier molecular flexibility index (Phi) is 4.15. The molecule has 0 aliphatic heterocycles. The highest BCUT2D eigenvalue weighted by atomic mass is 16.5. The highest BCUT2D eigenvalue weighted by molar-refractivity contribution is 5.01. The molecule has 3 nitrogen and oxygen atoms in total. The number of hydrogen-bond acceptors (Lipinski definition) is 3. The first-order valence-electron chi connectivity index (χ1n) is 5.94. The lowest BCUT2D eigenvalue weighted by Gasteiger charge is -2.35. The summed E-state index contributed by atoms with van der Waals surface area (Å²) in [6.45, 7) is 8.24. The van der Waals surface area contributed by atoms with E-state index < -0.39 is 0 Å². The number of rotatable bonds is 5. The van der Waals surface area contributed by atoms with Crippen molar-refractivity contribution in [3.05, 3.63) is 0 Å². The minimum absolute atomic E-state index is 0.00554. The molecule has 0 radical (unpaired) electrons. The quantitative estimate of drug-likeness (QED) is 0.684. The summed E-state index contributed by atoms with van der Waals surface area (Å²) < 4.78 is 5.37. The van der Waals surface area contributed by atoms with Crippen LogP contribution in [0, 0.1) is 10.8 Å². The minimum Gasteiger partial charge on any atom is -0.392 e. The molecular formula is C12H25NO2. The maximum Gasteiger partial charge on any atom is 0.0660 e. The van der Waals surface area contributed by atoms with Gasteiger partial charge in [-0.05, 0) is 31.6 Å². The molecule has 1 rings (SSSR count). The standard InChI is InChI=1S/C12H25NO2/c1-4-15-8-7-12(9-13)6-5-11(2,3)10(12)14/h10,14H,4-9,13H2,1-3H3. The molecule has 1 aliphatic rings. The third-order valence-corrected chi connectivity index (χ3v) is 3.94. The van der Waals surface area contributed by atoms with Gasteiger partial charge in [0, 0.05) is 25.2 Å². The fourth-order valence-corrected chi connectivity index (χ4v) is 2.67. The molecule has 0 aromatic heterocycles. The molecule has 1 aliphatic carbocycles. The van der Waals surface area contributed by atoms with Crippen molar-refractivity contribution in [2.75, 3.05) is 19.8 Å². The van der Waals surface area contributed by atoms with Crippen LogP contribution in [0.3, 0.4) is 0 Å². The Morgan fingerprint density at radius 1 is 1.40 bits per heavy atom. The van der Waals surface area contributed by atoms with Gasteiger partial charge in [-0.15, -0.1) is 0 Å². The van der Waals surface area contributed by atoms with Gasteiger partial charge in [0.05, 0.1) is 6.10 Å². The number of aliphatic hydroxyl groups excluding tert-OH is 1. The molecular weight excluding hydrogens is 190 g/mol. The summed E-state index contributed by atoms with van der Waals surface area (Å²) in [4.78, 5) is 0. The van der Waals surface area contributed by atoms with Crippen molar-refractivity contribution in [2.45, 2.75) is 46.1 Å². The van der Waals surface area contributed by atoms with Crippen LogP contribution in [0.15, 0.2) is 0 Å². The minimum atomic E-state index is -0.296. The van der Waals surface area contributed by atoms with Gasteiger partial charge >= 0.3 is 0 Å².